The van der Waals surface area contributed by atoms with Crippen molar-refractivity contribution >= 4 is 15.9 Å². The van der Waals surface area contributed by atoms with E-state index >= 15 is 0 Å². The van der Waals surface area contributed by atoms with Crippen molar-refractivity contribution in [3.05, 3.63) is 65.2 Å². The number of halogens is 2. The van der Waals surface area contributed by atoms with Gasteiger partial charge in [-0.1, -0.05) is 18.2 Å². The predicted octanol–water partition coefficient (Wildman–Crippen LogP) is 1.90. The SMILES string of the molecule is Cc1ccccc1C(=O)NNS(=O)(=O)c1cc(F)cc(F)c1. The molecule has 0 bridgehead atoms. The Kier molecular flexibility index (Phi) is 4.53. The lowest BCUT2D eigenvalue weighted by molar-refractivity contribution is 0.0944. The van der Waals surface area contributed by atoms with Crippen LogP contribution >= 0.6 is 0 Å². The Labute approximate surface area is 126 Å². The lowest BCUT2D eigenvalue weighted by Gasteiger charge is -2.10. The fraction of sp³-hybridized carbons (Fsp3) is 0.0714. The summed E-state index contributed by atoms with van der Waals surface area (Å²) in [5.74, 6) is -2.75. The summed E-state index contributed by atoms with van der Waals surface area (Å²) < 4.78 is 49.9. The molecule has 2 aromatic rings. The van der Waals surface area contributed by atoms with Gasteiger partial charge in [0.05, 0.1) is 4.90 Å². The number of hydrogen-bond donors (Lipinski definition) is 2. The molecule has 0 radical (unpaired) electrons. The minimum absolute atomic E-state index is 0.274. The lowest BCUT2D eigenvalue weighted by atomic mass is 10.1. The van der Waals surface area contributed by atoms with Crippen LogP contribution < -0.4 is 10.3 Å². The van der Waals surface area contributed by atoms with Crippen molar-refractivity contribution < 1.29 is 22.0 Å². The fourth-order valence-electron chi connectivity index (χ4n) is 1.75. The number of carbonyl (C=O) groups is 1. The van der Waals surface area contributed by atoms with E-state index in [1.54, 1.807) is 30.0 Å². The highest BCUT2D eigenvalue weighted by atomic mass is 32.2. The molecule has 1 amide bonds. The van der Waals surface area contributed by atoms with Gasteiger partial charge in [0.2, 0.25) is 0 Å². The molecule has 0 heterocycles. The Morgan fingerprint density at radius 1 is 1.05 bits per heavy atom. The van der Waals surface area contributed by atoms with Crippen LogP contribution in [0, 0.1) is 18.6 Å². The van der Waals surface area contributed by atoms with Crippen molar-refractivity contribution in [3.63, 3.8) is 0 Å². The smallest absolute Gasteiger partial charge is 0.266 e. The first-order valence-electron chi connectivity index (χ1n) is 6.13. The van der Waals surface area contributed by atoms with Crippen LogP contribution in [0.3, 0.4) is 0 Å². The molecule has 0 fully saturated rings. The van der Waals surface area contributed by atoms with E-state index in [9.17, 15) is 22.0 Å². The molecule has 0 aliphatic heterocycles. The van der Waals surface area contributed by atoms with Crippen LogP contribution in [0.1, 0.15) is 15.9 Å². The molecule has 22 heavy (non-hydrogen) atoms. The van der Waals surface area contributed by atoms with Gasteiger partial charge in [-0.15, -0.1) is 4.83 Å². The van der Waals surface area contributed by atoms with E-state index in [0.29, 0.717) is 23.8 Å². The number of hydrogen-bond acceptors (Lipinski definition) is 3. The lowest BCUT2D eigenvalue weighted by Crippen LogP contribution is -2.41. The van der Waals surface area contributed by atoms with Gasteiger partial charge in [-0.25, -0.2) is 17.2 Å². The minimum atomic E-state index is -4.28. The van der Waals surface area contributed by atoms with Crippen molar-refractivity contribution in [2.45, 2.75) is 11.8 Å². The van der Waals surface area contributed by atoms with E-state index in [4.69, 9.17) is 0 Å². The zero-order valence-electron chi connectivity index (χ0n) is 11.4. The van der Waals surface area contributed by atoms with E-state index in [2.05, 4.69) is 0 Å². The van der Waals surface area contributed by atoms with E-state index < -0.39 is 32.5 Å². The van der Waals surface area contributed by atoms with Gasteiger partial charge in [-0.2, -0.15) is 0 Å². The Balaban J connectivity index is 2.16. The molecule has 2 rings (SSSR count). The summed E-state index contributed by atoms with van der Waals surface area (Å²) in [4.78, 5) is 13.1. The molecular weight excluding hydrogens is 314 g/mol. The molecule has 116 valence electrons. The zero-order valence-corrected chi connectivity index (χ0v) is 12.2. The van der Waals surface area contributed by atoms with Crippen molar-refractivity contribution in [1.29, 1.82) is 0 Å². The number of benzene rings is 2. The Morgan fingerprint density at radius 2 is 1.64 bits per heavy atom. The Bertz CT molecular complexity index is 802. The Hall–Kier alpha value is -2.32. The fourth-order valence-corrected chi connectivity index (χ4v) is 2.63. The Morgan fingerprint density at radius 3 is 2.23 bits per heavy atom. The molecule has 0 unspecified atom stereocenters. The molecule has 2 aromatic carbocycles. The molecule has 8 heteroatoms. The van der Waals surface area contributed by atoms with Crippen LogP contribution in [0.5, 0.6) is 0 Å². The molecule has 0 aliphatic carbocycles. The standard InChI is InChI=1S/C14H12F2N2O3S/c1-9-4-2-3-5-13(9)14(19)17-18-22(20,21)12-7-10(15)6-11(16)8-12/h2-8,18H,1H3,(H,17,19). The molecule has 0 aromatic heterocycles. The summed E-state index contributed by atoms with van der Waals surface area (Å²) in [6.07, 6.45) is 0. The number of nitrogens with one attached hydrogen (secondary N) is 2. The maximum absolute atomic E-state index is 13.1. The van der Waals surface area contributed by atoms with Gasteiger partial charge in [0.1, 0.15) is 11.6 Å². The summed E-state index contributed by atoms with van der Waals surface area (Å²) in [5, 5.41) is 0. The number of rotatable bonds is 4. The highest BCUT2D eigenvalue weighted by Gasteiger charge is 2.18. The van der Waals surface area contributed by atoms with Gasteiger partial charge < -0.3 is 0 Å². The second-order valence-electron chi connectivity index (χ2n) is 4.48. The maximum atomic E-state index is 13.1. The van der Waals surface area contributed by atoms with Crippen molar-refractivity contribution in [1.82, 2.24) is 10.3 Å². The summed E-state index contributed by atoms with van der Waals surface area (Å²) >= 11 is 0. The third kappa shape index (κ3) is 3.66. The van der Waals surface area contributed by atoms with Gasteiger partial charge >= 0.3 is 0 Å². The number of sulfonamides is 1. The third-order valence-electron chi connectivity index (χ3n) is 2.83. The highest BCUT2D eigenvalue weighted by Crippen LogP contribution is 2.13. The molecule has 0 saturated carbocycles. The number of amides is 1. The summed E-state index contributed by atoms with van der Waals surface area (Å²) in [6, 6.07) is 8.39. The normalized spacial score (nSPS) is 11.2. The first kappa shape index (κ1) is 16.1. The molecule has 2 N–H and O–H groups in total. The second kappa shape index (κ2) is 6.20. The van der Waals surface area contributed by atoms with E-state index in [1.165, 1.54) is 6.07 Å². The van der Waals surface area contributed by atoms with Gasteiger partial charge in [-0.05, 0) is 30.7 Å². The van der Waals surface area contributed by atoms with E-state index in [1.807, 2.05) is 5.43 Å². The van der Waals surface area contributed by atoms with Gasteiger partial charge in [-0.3, -0.25) is 10.2 Å². The largest absolute Gasteiger partial charge is 0.273 e. The number of hydrazine groups is 1. The molecule has 0 spiro atoms. The average molecular weight is 326 g/mol. The second-order valence-corrected chi connectivity index (χ2v) is 6.16. The average Bonchev–Trinajstić information content (AvgIpc) is 2.44. The summed E-state index contributed by atoms with van der Waals surface area (Å²) in [7, 11) is -4.28. The van der Waals surface area contributed by atoms with Crippen LogP contribution in [-0.2, 0) is 10.0 Å². The van der Waals surface area contributed by atoms with Gasteiger partial charge in [0.15, 0.2) is 0 Å². The highest BCUT2D eigenvalue weighted by molar-refractivity contribution is 7.89. The predicted molar refractivity (Wildman–Crippen MR) is 75.3 cm³/mol. The van der Waals surface area contributed by atoms with Crippen LogP contribution in [0.2, 0.25) is 0 Å². The van der Waals surface area contributed by atoms with Gasteiger partial charge in [0, 0.05) is 11.6 Å². The van der Waals surface area contributed by atoms with E-state index in [0.717, 1.165) is 0 Å². The third-order valence-corrected chi connectivity index (χ3v) is 4.06. The monoisotopic (exact) mass is 326 g/mol. The zero-order chi connectivity index (χ0) is 16.3. The van der Waals surface area contributed by atoms with E-state index in [-0.39, 0.29) is 5.56 Å². The summed E-state index contributed by atoms with van der Waals surface area (Å²) in [6.45, 7) is 1.69. The number of aryl methyl sites for hydroxylation is 1. The quantitative estimate of drug-likeness (QED) is 0.843. The molecule has 0 aliphatic rings. The van der Waals surface area contributed by atoms with Gasteiger partial charge in [0.25, 0.3) is 15.9 Å². The maximum Gasteiger partial charge on any atom is 0.266 e. The van der Waals surface area contributed by atoms with Crippen LogP contribution in [0.4, 0.5) is 8.78 Å². The minimum Gasteiger partial charge on any atom is -0.273 e. The van der Waals surface area contributed by atoms with Crippen LogP contribution in [-0.4, -0.2) is 14.3 Å². The molecule has 5 nitrogen and oxygen atoms in total. The van der Waals surface area contributed by atoms with Crippen molar-refractivity contribution in [3.8, 4) is 0 Å². The van der Waals surface area contributed by atoms with Crippen molar-refractivity contribution in [2.75, 3.05) is 0 Å². The topological polar surface area (TPSA) is 75.3 Å². The number of carbonyl (C=O) groups excluding carboxylic acids is 1. The first-order valence-corrected chi connectivity index (χ1v) is 7.62. The van der Waals surface area contributed by atoms with Crippen molar-refractivity contribution in [2.24, 2.45) is 0 Å². The van der Waals surface area contributed by atoms with Crippen LogP contribution in [0.25, 0.3) is 0 Å². The first-order chi connectivity index (χ1) is 10.3. The summed E-state index contributed by atoms with van der Waals surface area (Å²) in [5.41, 5.74) is 2.92. The van der Waals surface area contributed by atoms with Crippen LogP contribution in [0.15, 0.2) is 47.4 Å². The molecular formula is C14H12F2N2O3S. The molecule has 0 saturated heterocycles. The molecule has 0 atom stereocenters.